The predicted octanol–water partition coefficient (Wildman–Crippen LogP) is 13.9. The van der Waals surface area contributed by atoms with Gasteiger partial charge in [-0.2, -0.15) is 0 Å². The Labute approximate surface area is 287 Å². The van der Waals surface area contributed by atoms with Crippen LogP contribution in [0.25, 0.3) is 75.1 Å². The first-order chi connectivity index (χ1) is 24.3. The molecule has 8 aromatic carbocycles. The molecule has 230 valence electrons. The second kappa shape index (κ2) is 11.2. The summed E-state index contributed by atoms with van der Waals surface area (Å²) in [7, 11) is 0. The lowest BCUT2D eigenvalue weighted by Crippen LogP contribution is -2.11. The molecular formula is C46H29NOS. The lowest BCUT2D eigenvalue weighted by Gasteiger charge is -2.28. The van der Waals surface area contributed by atoms with Crippen molar-refractivity contribution >= 4 is 81.3 Å². The summed E-state index contributed by atoms with van der Waals surface area (Å²) in [5.41, 5.74) is 9.75. The highest BCUT2D eigenvalue weighted by molar-refractivity contribution is 7.25. The maximum atomic E-state index is 6.42. The van der Waals surface area contributed by atoms with E-state index in [4.69, 9.17) is 4.42 Å². The number of thiophene rings is 1. The Bertz CT molecular complexity index is 2850. The van der Waals surface area contributed by atoms with E-state index in [9.17, 15) is 0 Å². The van der Waals surface area contributed by atoms with Gasteiger partial charge in [0, 0.05) is 53.9 Å². The van der Waals surface area contributed by atoms with Crippen molar-refractivity contribution in [2.45, 2.75) is 0 Å². The van der Waals surface area contributed by atoms with E-state index in [0.717, 1.165) is 39.0 Å². The molecule has 49 heavy (non-hydrogen) atoms. The number of rotatable bonds is 5. The minimum absolute atomic E-state index is 0.873. The third kappa shape index (κ3) is 4.62. The van der Waals surface area contributed by atoms with Crippen LogP contribution in [0, 0.1) is 0 Å². The first-order valence-electron chi connectivity index (χ1n) is 16.6. The van der Waals surface area contributed by atoms with Gasteiger partial charge in [0.1, 0.15) is 11.2 Å². The summed E-state index contributed by atoms with van der Waals surface area (Å²) in [6.45, 7) is 0. The first kappa shape index (κ1) is 27.9. The lowest BCUT2D eigenvalue weighted by molar-refractivity contribution is 0.669. The minimum Gasteiger partial charge on any atom is -0.456 e. The average Bonchev–Trinajstić information content (AvgIpc) is 3.73. The van der Waals surface area contributed by atoms with E-state index in [1.54, 1.807) is 0 Å². The molecule has 3 heteroatoms. The number of nitrogens with zero attached hydrogens (tertiary/aromatic N) is 1. The van der Waals surface area contributed by atoms with E-state index in [1.807, 2.05) is 23.5 Å². The molecule has 0 amide bonds. The smallest absolute Gasteiger partial charge is 0.137 e. The van der Waals surface area contributed by atoms with Crippen molar-refractivity contribution in [1.29, 1.82) is 0 Å². The summed E-state index contributed by atoms with van der Waals surface area (Å²) in [5, 5.41) is 7.34. The Balaban J connectivity index is 1.19. The van der Waals surface area contributed by atoms with E-state index in [2.05, 4.69) is 169 Å². The topological polar surface area (TPSA) is 16.4 Å². The second-order valence-corrected chi connectivity index (χ2v) is 13.6. The number of furan rings is 1. The summed E-state index contributed by atoms with van der Waals surface area (Å²) >= 11 is 1.86. The summed E-state index contributed by atoms with van der Waals surface area (Å²) in [6, 6.07) is 63.3. The molecule has 0 bridgehead atoms. The van der Waals surface area contributed by atoms with Crippen LogP contribution in [0.1, 0.15) is 0 Å². The lowest BCUT2D eigenvalue weighted by atomic mass is 9.97. The van der Waals surface area contributed by atoms with Crippen LogP contribution in [-0.2, 0) is 0 Å². The van der Waals surface area contributed by atoms with Crippen LogP contribution >= 0.6 is 11.3 Å². The molecule has 0 aliphatic heterocycles. The molecule has 2 nitrogen and oxygen atoms in total. The minimum atomic E-state index is 0.873. The SMILES string of the molecule is c1cc(-c2cccc3ccccc23)cc(N(c2ccc3c(c2)oc2ccccc23)c2ccccc2-c2ccc3c(c2)sc2ccccc23)c1. The highest BCUT2D eigenvalue weighted by Crippen LogP contribution is 2.45. The Morgan fingerprint density at radius 1 is 0.388 bits per heavy atom. The van der Waals surface area contributed by atoms with Gasteiger partial charge in [0.2, 0.25) is 0 Å². The van der Waals surface area contributed by atoms with Crippen LogP contribution in [0.2, 0.25) is 0 Å². The van der Waals surface area contributed by atoms with Crippen LogP contribution in [0.5, 0.6) is 0 Å². The van der Waals surface area contributed by atoms with Gasteiger partial charge in [-0.3, -0.25) is 0 Å². The quantitative estimate of drug-likeness (QED) is 0.186. The number of hydrogen-bond acceptors (Lipinski definition) is 3. The average molecular weight is 644 g/mol. The molecule has 2 aromatic heterocycles. The highest BCUT2D eigenvalue weighted by atomic mass is 32.1. The van der Waals surface area contributed by atoms with E-state index in [0.29, 0.717) is 0 Å². The number of anilines is 3. The molecule has 0 saturated carbocycles. The Morgan fingerprint density at radius 2 is 1.04 bits per heavy atom. The number of para-hydroxylation sites is 2. The molecule has 0 radical (unpaired) electrons. The maximum absolute atomic E-state index is 6.42. The summed E-state index contributed by atoms with van der Waals surface area (Å²) in [6.07, 6.45) is 0. The van der Waals surface area contributed by atoms with Gasteiger partial charge < -0.3 is 9.32 Å². The molecule has 10 rings (SSSR count). The zero-order valence-electron chi connectivity index (χ0n) is 26.5. The number of hydrogen-bond donors (Lipinski definition) is 0. The van der Waals surface area contributed by atoms with Gasteiger partial charge in [0.25, 0.3) is 0 Å². The molecule has 0 spiro atoms. The van der Waals surface area contributed by atoms with Crippen molar-refractivity contribution in [3.8, 4) is 22.3 Å². The molecule has 0 unspecified atom stereocenters. The van der Waals surface area contributed by atoms with Crippen LogP contribution in [0.3, 0.4) is 0 Å². The van der Waals surface area contributed by atoms with E-state index < -0.39 is 0 Å². The van der Waals surface area contributed by atoms with Gasteiger partial charge in [0.15, 0.2) is 0 Å². The molecule has 2 heterocycles. The van der Waals surface area contributed by atoms with Gasteiger partial charge in [-0.15, -0.1) is 11.3 Å². The Hall–Kier alpha value is -6.16. The van der Waals surface area contributed by atoms with Gasteiger partial charge in [-0.25, -0.2) is 0 Å². The fourth-order valence-electron chi connectivity index (χ4n) is 7.38. The predicted molar refractivity (Wildman–Crippen MR) is 210 cm³/mol. The van der Waals surface area contributed by atoms with Crippen molar-refractivity contribution in [2.75, 3.05) is 4.90 Å². The van der Waals surface area contributed by atoms with Crippen molar-refractivity contribution in [3.05, 3.63) is 176 Å². The van der Waals surface area contributed by atoms with E-state index in [-0.39, 0.29) is 0 Å². The molecule has 0 N–H and O–H groups in total. The van der Waals surface area contributed by atoms with Gasteiger partial charge in [-0.1, -0.05) is 121 Å². The molecule has 0 aliphatic rings. The molecule has 0 saturated heterocycles. The second-order valence-electron chi connectivity index (χ2n) is 12.5. The van der Waals surface area contributed by atoms with Crippen molar-refractivity contribution < 1.29 is 4.42 Å². The summed E-state index contributed by atoms with van der Waals surface area (Å²) in [4.78, 5) is 2.38. The van der Waals surface area contributed by atoms with E-state index >= 15 is 0 Å². The molecular weight excluding hydrogens is 615 g/mol. The molecule has 0 aliphatic carbocycles. The molecule has 0 atom stereocenters. The standard InChI is InChI=1S/C46H29NOS/c1-2-15-35-30(11-1)12-10-19-36(35)31-13-9-14-33(27-31)47(34-24-26-39-38-17-4-7-21-43(38)48-44(39)29-34)42-20-6-3-16-37(42)32-23-25-41-40-18-5-8-22-45(40)49-46(41)28-32/h1-29H. The summed E-state index contributed by atoms with van der Waals surface area (Å²) < 4.78 is 9.03. The van der Waals surface area contributed by atoms with Crippen LogP contribution < -0.4 is 4.90 Å². The maximum Gasteiger partial charge on any atom is 0.137 e. The monoisotopic (exact) mass is 643 g/mol. The largest absolute Gasteiger partial charge is 0.456 e. The van der Waals surface area contributed by atoms with Gasteiger partial charge in [-0.05, 0) is 76.0 Å². The zero-order valence-corrected chi connectivity index (χ0v) is 27.3. The Morgan fingerprint density at radius 3 is 2.00 bits per heavy atom. The first-order valence-corrected chi connectivity index (χ1v) is 17.4. The van der Waals surface area contributed by atoms with Crippen molar-refractivity contribution in [3.63, 3.8) is 0 Å². The van der Waals surface area contributed by atoms with Crippen molar-refractivity contribution in [1.82, 2.24) is 0 Å². The molecule has 10 aromatic rings. The zero-order chi connectivity index (χ0) is 32.3. The normalized spacial score (nSPS) is 11.7. The van der Waals surface area contributed by atoms with Crippen LogP contribution in [0.4, 0.5) is 17.1 Å². The number of fused-ring (bicyclic) bond motifs is 7. The Kier molecular flexibility index (Phi) is 6.39. The van der Waals surface area contributed by atoms with Gasteiger partial charge >= 0.3 is 0 Å². The van der Waals surface area contributed by atoms with E-state index in [1.165, 1.54) is 53.2 Å². The van der Waals surface area contributed by atoms with Crippen LogP contribution in [-0.4, -0.2) is 0 Å². The third-order valence-electron chi connectivity index (χ3n) is 9.66. The number of benzene rings is 8. The third-order valence-corrected chi connectivity index (χ3v) is 10.8. The molecule has 0 fully saturated rings. The fourth-order valence-corrected chi connectivity index (χ4v) is 8.52. The fraction of sp³-hybridized carbons (Fsp3) is 0. The van der Waals surface area contributed by atoms with Gasteiger partial charge in [0.05, 0.1) is 5.69 Å². The highest BCUT2D eigenvalue weighted by Gasteiger charge is 2.20. The van der Waals surface area contributed by atoms with Crippen molar-refractivity contribution in [2.24, 2.45) is 0 Å². The summed E-state index contributed by atoms with van der Waals surface area (Å²) in [5.74, 6) is 0. The van der Waals surface area contributed by atoms with Crippen LogP contribution in [0.15, 0.2) is 180 Å².